The summed E-state index contributed by atoms with van der Waals surface area (Å²) in [7, 11) is 0. The van der Waals surface area contributed by atoms with Crippen molar-refractivity contribution in [2.75, 3.05) is 31.1 Å². The van der Waals surface area contributed by atoms with Gasteiger partial charge >= 0.3 is 0 Å². The van der Waals surface area contributed by atoms with E-state index in [0.717, 1.165) is 35.5 Å². The summed E-state index contributed by atoms with van der Waals surface area (Å²) in [6, 6.07) is 0. The van der Waals surface area contributed by atoms with Crippen LogP contribution in [0.15, 0.2) is 17.0 Å². The van der Waals surface area contributed by atoms with E-state index >= 15 is 0 Å². The fourth-order valence-corrected chi connectivity index (χ4v) is 3.43. The fourth-order valence-electron chi connectivity index (χ4n) is 3.43. The van der Waals surface area contributed by atoms with Crippen molar-refractivity contribution in [1.29, 1.82) is 0 Å². The summed E-state index contributed by atoms with van der Waals surface area (Å²) in [6.07, 6.45) is 4.82. The minimum Gasteiger partial charge on any atom is -0.483 e. The van der Waals surface area contributed by atoms with Gasteiger partial charge in [-0.15, -0.1) is 0 Å². The first-order valence-electron chi connectivity index (χ1n) is 9.32. The zero-order valence-electron chi connectivity index (χ0n) is 16.3. The molecular weight excluding hydrogens is 378 g/mol. The standard InChI is InChI=1S/C17H21N7O2.CH2O2/c1-3-13-14(11(2)26-22-13)17(25)24-6-4-5-23(7-8-24)16-12-9-20-21-15(12)18-10-19-16;2-1-3/h9-10H,3-8H2,1-2H3,(H,18,19,20,21);1H,(H,2,3). The highest BCUT2D eigenvalue weighted by Crippen LogP contribution is 2.23. The molecule has 1 fully saturated rings. The molecule has 0 bridgehead atoms. The zero-order chi connectivity index (χ0) is 20.8. The molecule has 1 saturated heterocycles. The topological polar surface area (TPSA) is 141 Å². The van der Waals surface area contributed by atoms with E-state index in [1.165, 1.54) is 6.33 Å². The Morgan fingerprint density at radius 2 is 2.10 bits per heavy atom. The number of carboxylic acid groups (broad SMARTS) is 1. The number of carbonyl (C=O) groups is 2. The average molecular weight is 401 g/mol. The Bertz CT molecular complexity index is 984. The maximum absolute atomic E-state index is 13.0. The number of carbonyl (C=O) groups excluding carboxylic acids is 1. The molecule has 0 aromatic carbocycles. The Hall–Kier alpha value is -3.50. The van der Waals surface area contributed by atoms with Gasteiger partial charge in [0.1, 0.15) is 23.5 Å². The number of hydrogen-bond donors (Lipinski definition) is 2. The van der Waals surface area contributed by atoms with Crippen LogP contribution < -0.4 is 4.90 Å². The van der Waals surface area contributed by atoms with Crippen molar-refractivity contribution >= 4 is 29.2 Å². The monoisotopic (exact) mass is 401 g/mol. The molecular formula is C18H23N7O4. The third-order valence-electron chi connectivity index (χ3n) is 4.79. The van der Waals surface area contributed by atoms with Crippen LogP contribution in [0.2, 0.25) is 0 Å². The molecule has 0 radical (unpaired) electrons. The smallest absolute Gasteiger partial charge is 0.290 e. The van der Waals surface area contributed by atoms with Crippen LogP contribution in [-0.4, -0.2) is 73.9 Å². The number of H-pyrrole nitrogens is 1. The molecule has 0 aliphatic carbocycles. The van der Waals surface area contributed by atoms with Crippen molar-refractivity contribution in [3.8, 4) is 0 Å². The summed E-state index contributed by atoms with van der Waals surface area (Å²) in [5.41, 5.74) is 2.06. The first kappa shape index (κ1) is 20.2. The summed E-state index contributed by atoms with van der Waals surface area (Å²) in [5, 5.41) is 18.7. The van der Waals surface area contributed by atoms with Crippen molar-refractivity contribution in [3.05, 3.63) is 29.5 Å². The highest BCUT2D eigenvalue weighted by atomic mass is 16.5. The molecule has 2 N–H and O–H groups in total. The molecule has 1 aliphatic rings. The van der Waals surface area contributed by atoms with Gasteiger partial charge in [0.25, 0.3) is 12.4 Å². The van der Waals surface area contributed by atoms with E-state index < -0.39 is 0 Å². The van der Waals surface area contributed by atoms with Gasteiger partial charge in [0.05, 0.1) is 17.3 Å². The minimum atomic E-state index is -0.250. The summed E-state index contributed by atoms with van der Waals surface area (Å²) < 4.78 is 5.22. The number of nitrogens with zero attached hydrogens (tertiary/aromatic N) is 6. The van der Waals surface area contributed by atoms with Crippen LogP contribution in [0.1, 0.15) is 35.2 Å². The Kier molecular flexibility index (Phi) is 6.37. The van der Waals surface area contributed by atoms with Crippen LogP contribution in [0.25, 0.3) is 11.0 Å². The third-order valence-corrected chi connectivity index (χ3v) is 4.79. The highest BCUT2D eigenvalue weighted by molar-refractivity contribution is 5.96. The Morgan fingerprint density at radius 3 is 2.86 bits per heavy atom. The predicted octanol–water partition coefficient (Wildman–Crippen LogP) is 1.27. The molecule has 1 amide bonds. The fraction of sp³-hybridized carbons (Fsp3) is 0.444. The summed E-state index contributed by atoms with van der Waals surface area (Å²) in [6.45, 7) is 6.36. The molecule has 4 rings (SSSR count). The third kappa shape index (κ3) is 4.18. The molecule has 0 spiro atoms. The van der Waals surface area contributed by atoms with E-state index in [0.29, 0.717) is 37.4 Å². The highest BCUT2D eigenvalue weighted by Gasteiger charge is 2.27. The lowest BCUT2D eigenvalue weighted by Crippen LogP contribution is -2.36. The average Bonchev–Trinajstić information content (AvgIpc) is 3.27. The van der Waals surface area contributed by atoms with Gasteiger partial charge in [0, 0.05) is 26.2 Å². The van der Waals surface area contributed by atoms with Gasteiger partial charge < -0.3 is 19.4 Å². The largest absolute Gasteiger partial charge is 0.483 e. The lowest BCUT2D eigenvalue weighted by atomic mass is 10.1. The number of aromatic nitrogens is 5. The van der Waals surface area contributed by atoms with Gasteiger partial charge in [-0.25, -0.2) is 9.97 Å². The first-order valence-corrected chi connectivity index (χ1v) is 9.32. The molecule has 11 nitrogen and oxygen atoms in total. The van der Waals surface area contributed by atoms with Gasteiger partial charge in [0.2, 0.25) is 0 Å². The molecule has 29 heavy (non-hydrogen) atoms. The van der Waals surface area contributed by atoms with Crippen molar-refractivity contribution in [3.63, 3.8) is 0 Å². The van der Waals surface area contributed by atoms with Gasteiger partial charge in [-0.3, -0.25) is 14.7 Å². The minimum absolute atomic E-state index is 0.00130. The number of anilines is 1. The maximum atomic E-state index is 13.0. The van der Waals surface area contributed by atoms with Crippen LogP contribution >= 0.6 is 0 Å². The zero-order valence-corrected chi connectivity index (χ0v) is 16.3. The molecule has 0 unspecified atom stereocenters. The van der Waals surface area contributed by atoms with Crippen LogP contribution in [0.4, 0.5) is 5.82 Å². The van der Waals surface area contributed by atoms with Crippen molar-refractivity contribution in [1.82, 2.24) is 30.2 Å². The number of aryl methyl sites for hydroxylation is 2. The summed E-state index contributed by atoms with van der Waals surface area (Å²) >= 11 is 0. The lowest BCUT2D eigenvalue weighted by Gasteiger charge is -2.23. The normalized spacial score (nSPS) is 14.3. The number of aromatic amines is 1. The number of rotatable bonds is 3. The second-order valence-electron chi connectivity index (χ2n) is 6.48. The Balaban J connectivity index is 0.000000755. The van der Waals surface area contributed by atoms with E-state index in [4.69, 9.17) is 14.4 Å². The van der Waals surface area contributed by atoms with E-state index in [1.54, 1.807) is 13.1 Å². The maximum Gasteiger partial charge on any atom is 0.290 e. The SMILES string of the molecule is CCc1noc(C)c1C(=O)N1CCCN(c2ncnc3[nH]ncc23)CC1.O=CO. The van der Waals surface area contributed by atoms with Crippen molar-refractivity contribution in [2.45, 2.75) is 26.7 Å². The van der Waals surface area contributed by atoms with Gasteiger partial charge in [0.15, 0.2) is 5.65 Å². The molecule has 3 aromatic rings. The Labute approximate surface area is 166 Å². The second-order valence-corrected chi connectivity index (χ2v) is 6.48. The lowest BCUT2D eigenvalue weighted by molar-refractivity contribution is -0.122. The van der Waals surface area contributed by atoms with Crippen molar-refractivity contribution < 1.29 is 19.2 Å². The number of hydrogen-bond acceptors (Lipinski definition) is 8. The van der Waals surface area contributed by atoms with E-state index in [9.17, 15) is 4.79 Å². The Morgan fingerprint density at radius 1 is 1.31 bits per heavy atom. The van der Waals surface area contributed by atoms with E-state index in [2.05, 4.69) is 30.2 Å². The molecule has 0 atom stereocenters. The van der Waals surface area contributed by atoms with Crippen LogP contribution in [0.3, 0.4) is 0 Å². The molecule has 4 heterocycles. The molecule has 154 valence electrons. The summed E-state index contributed by atoms with van der Waals surface area (Å²) in [5.74, 6) is 1.44. The van der Waals surface area contributed by atoms with Crippen LogP contribution in [0.5, 0.6) is 0 Å². The molecule has 0 saturated carbocycles. The summed E-state index contributed by atoms with van der Waals surface area (Å²) in [4.78, 5) is 34.0. The van der Waals surface area contributed by atoms with Gasteiger partial charge in [-0.2, -0.15) is 5.10 Å². The van der Waals surface area contributed by atoms with Gasteiger partial charge in [-0.1, -0.05) is 12.1 Å². The molecule has 1 aliphatic heterocycles. The van der Waals surface area contributed by atoms with Crippen LogP contribution in [-0.2, 0) is 11.2 Å². The van der Waals surface area contributed by atoms with E-state index in [-0.39, 0.29) is 12.4 Å². The predicted molar refractivity (Wildman–Crippen MR) is 104 cm³/mol. The first-order chi connectivity index (χ1) is 14.1. The van der Waals surface area contributed by atoms with E-state index in [1.807, 2.05) is 11.8 Å². The number of amides is 1. The van der Waals surface area contributed by atoms with Gasteiger partial charge in [-0.05, 0) is 19.8 Å². The second kappa shape index (κ2) is 9.13. The molecule has 3 aromatic heterocycles. The van der Waals surface area contributed by atoms with Crippen LogP contribution in [0, 0.1) is 6.92 Å². The molecule has 11 heteroatoms. The number of nitrogens with one attached hydrogen (secondary N) is 1. The van der Waals surface area contributed by atoms with Crippen molar-refractivity contribution in [2.24, 2.45) is 0 Å². The number of fused-ring (bicyclic) bond motifs is 1. The quantitative estimate of drug-likeness (QED) is 0.620.